The maximum atomic E-state index is 13.6. The maximum Gasteiger partial charge on any atom is 0.379 e. The number of nitrogens with one attached hydrogen (secondary N) is 1. The second kappa shape index (κ2) is 52.9. The molecule has 0 unspecified atom stereocenters. The van der Waals surface area contributed by atoms with Crippen molar-refractivity contribution >= 4 is 227 Å². The van der Waals surface area contributed by atoms with Crippen LogP contribution in [0, 0.1) is 0 Å². The number of rotatable bonds is 31. The maximum absolute atomic E-state index is 13.6. The minimum absolute atomic E-state index is 0. The first-order chi connectivity index (χ1) is 59.5. The van der Waals surface area contributed by atoms with Crippen molar-refractivity contribution < 1.29 is 106 Å². The van der Waals surface area contributed by atoms with Gasteiger partial charge in [-0.3, -0.25) is 24.0 Å². The molecule has 4 saturated heterocycles. The number of aliphatic hydroxyl groups is 2. The van der Waals surface area contributed by atoms with Gasteiger partial charge in [-0.05, 0) is 195 Å². The number of alkyl halides is 17. The molecule has 6 aromatic carbocycles. The largest absolute Gasteiger partial charge is 0.437 e. The molecule has 0 aromatic heterocycles. The summed E-state index contributed by atoms with van der Waals surface area (Å²) in [7, 11) is -14.7. The number of nitrogens with two attached hydrogens (primary N) is 1. The van der Waals surface area contributed by atoms with Crippen LogP contribution in [0.25, 0.3) is 0 Å². The SMILES string of the molecule is C.CB(O)N1[C@H](CF)[C@@H](c2ccc(S(=O)(=O)C(Cl)Cl)cc2)OC1(C)C.CB(O)N1[C@H](CF)[C@@H](c2ccc(SC(Cl)Cl)cc2)OC1(C)C.CB(O)N1[C@H](CF)[C@@H](c2ccc(SCCl)cc2)OC1(C)C.CSc1ccc([C@H]2OC(C)(C)N(B(C)O)[C@@H]2CF)cc1.N[C@H](CF)[C@H](O)c1ccc(S(=O)(=O)C(Cl)Cl)cc1.O=C(N[C@H](CF)[C@H](O)c1ccc(S(=O)(=O)C(Cl)Cl)cc1)C(Cl)Cl. The van der Waals surface area contributed by atoms with Crippen molar-refractivity contribution in [1.29, 1.82) is 0 Å². The number of carbonyl (C=O) groups excluding carboxylic acids is 1. The predicted molar refractivity (Wildman–Crippen MR) is 514 cm³/mol. The smallest absolute Gasteiger partial charge is 0.379 e. The average molecular weight is 2150 g/mol. The molecule has 10 rings (SSSR count). The van der Waals surface area contributed by atoms with E-state index < -0.39 is 215 Å². The second-order valence-electron chi connectivity index (χ2n) is 30.9. The summed E-state index contributed by atoms with van der Waals surface area (Å²) in [6, 6.07) is 34.5. The van der Waals surface area contributed by atoms with Crippen LogP contribution in [0.1, 0.15) is 133 Å². The molecule has 23 nitrogen and oxygen atoms in total. The summed E-state index contributed by atoms with van der Waals surface area (Å²) in [5, 5.41) is 62.1. The number of carbonyl (C=O) groups is 1. The highest BCUT2D eigenvalue weighted by atomic mass is 35.5. The molecule has 6 aromatic rings. The average Bonchev–Trinajstić information content (AvgIpc) is 1.61. The van der Waals surface area contributed by atoms with Gasteiger partial charge in [0.25, 0.3) is 5.91 Å². The Bertz CT molecular complexity index is 4780. The van der Waals surface area contributed by atoms with E-state index in [0.717, 1.165) is 43.5 Å². The summed E-state index contributed by atoms with van der Waals surface area (Å²) < 4.78 is 169. The van der Waals surface area contributed by atoms with Gasteiger partial charge < -0.3 is 60.3 Å². The van der Waals surface area contributed by atoms with Crippen molar-refractivity contribution in [3.05, 3.63) is 179 Å². The van der Waals surface area contributed by atoms with Crippen LogP contribution >= 0.6 is 163 Å². The fourth-order valence-electron chi connectivity index (χ4n) is 15.0. The van der Waals surface area contributed by atoms with Gasteiger partial charge in [0.1, 0.15) is 93.5 Å². The Morgan fingerprint density at radius 2 is 0.698 bits per heavy atom. The molecule has 722 valence electrons. The van der Waals surface area contributed by atoms with Gasteiger partial charge in [-0.2, -0.15) is 0 Å². The van der Waals surface area contributed by atoms with Crippen molar-refractivity contribution in [3.8, 4) is 0 Å². The van der Waals surface area contributed by atoms with Crippen LogP contribution in [-0.2, 0) is 53.3 Å². The van der Waals surface area contributed by atoms with Crippen molar-refractivity contribution in [2.75, 3.05) is 51.5 Å². The number of aliphatic hydroxyl groups excluding tert-OH is 2. The Kier molecular flexibility index (Phi) is 49.0. The van der Waals surface area contributed by atoms with E-state index in [9.17, 15) is 86.7 Å². The van der Waals surface area contributed by atoms with Crippen molar-refractivity contribution in [3.63, 3.8) is 0 Å². The molecule has 0 bridgehead atoms. The lowest BCUT2D eigenvalue weighted by molar-refractivity contribution is -0.121. The van der Waals surface area contributed by atoms with Gasteiger partial charge in [-0.1, -0.05) is 208 Å². The fourth-order valence-corrected chi connectivity index (χ4v) is 21.5. The van der Waals surface area contributed by atoms with Gasteiger partial charge in [-0.15, -0.1) is 35.1 Å². The van der Waals surface area contributed by atoms with E-state index in [0.29, 0.717) is 16.3 Å². The molecule has 4 fully saturated rings. The zero-order chi connectivity index (χ0) is 97.0. The number of sulfone groups is 3. The Morgan fingerprint density at radius 1 is 0.442 bits per heavy atom. The van der Waals surface area contributed by atoms with Gasteiger partial charge in [0, 0.05) is 14.7 Å². The summed E-state index contributed by atoms with van der Waals surface area (Å²) in [6.45, 7) is 16.6. The van der Waals surface area contributed by atoms with E-state index in [1.807, 2.05) is 121 Å². The van der Waals surface area contributed by atoms with E-state index in [1.54, 1.807) is 72.1 Å². The van der Waals surface area contributed by atoms with Crippen LogP contribution in [0.2, 0.25) is 27.3 Å². The first-order valence-corrected chi connectivity index (χ1v) is 51.6. The standard InChI is InChI=1S/C14H19BCl2FNO4S.C14H19BCl2FNO2S.C14H20BClFNO2S.C14H21BFNO2S.C12H12Cl4FNO4S.C10H12Cl2FNO3S.CH4/c1-14(2)19(15(3)20)11(8-18)12(23-14)9-4-6-10(7-5-9)24(21,22)13(16)17;1-14(2)19(15(3)20)11(8-18)12(21-14)9-4-6-10(7-5-9)22-13(16)17;1-14(2)18(15(3)19)12(8-17)13(20-14)10-4-6-11(7-5-10)21-9-16;1-14(2)17(15(3)18)12(9-16)13(19-14)10-5-7-11(20-4)8-6-10;13-10(14)11(20)18-8(5-17)9(19)6-1-3-7(4-2-6)23(21,22)12(15)16;11-10(12)18(16,17)7-3-1-6(2-4-7)9(15)8(14)5-13;/h4-7,11-13,20H,8H2,1-3H3;4-7,11-13,20H,8H2,1-3H3;4-7,12-13,19H,8-9H2,1-3H3;5-8,12-13,18H,9H2,1-4H3;1-4,8-10,12,19H,5H2,(H,18,20);1-4,8-10,15H,5,14H2;1H4/t2*11-,12-;2*12-,13-;2*8-,9-;/m111111./s1. The fraction of sp³-hybridized carbons (Fsp3) is 0.532. The molecule has 1 amide bonds. The molecular formula is C79H107B4Cl11F6N6O17S6. The number of thioether (sulfide) groups is 3. The van der Waals surface area contributed by atoms with Crippen LogP contribution in [0.5, 0.6) is 0 Å². The van der Waals surface area contributed by atoms with E-state index in [2.05, 4.69) is 5.32 Å². The van der Waals surface area contributed by atoms with Crippen LogP contribution in [-0.4, -0.2) is 241 Å². The Balaban J connectivity index is 0.000000324. The van der Waals surface area contributed by atoms with Crippen LogP contribution in [0.4, 0.5) is 26.3 Å². The number of hydrogen-bond donors (Lipinski definition) is 8. The second-order valence-corrected chi connectivity index (χ2v) is 48.3. The molecule has 0 spiro atoms. The summed E-state index contributed by atoms with van der Waals surface area (Å²) >= 11 is 64.7. The lowest BCUT2D eigenvalue weighted by Crippen LogP contribution is -2.52. The van der Waals surface area contributed by atoms with E-state index in [4.69, 9.17) is 152 Å². The number of nitrogens with zero attached hydrogens (tertiary/aromatic N) is 4. The van der Waals surface area contributed by atoms with Gasteiger partial charge in [0.15, 0.2) is 9.00 Å². The van der Waals surface area contributed by atoms with Gasteiger partial charge in [0.05, 0.1) is 62.3 Å². The minimum atomic E-state index is -3.90. The zero-order valence-electron chi connectivity index (χ0n) is 71.3. The van der Waals surface area contributed by atoms with E-state index in [1.165, 1.54) is 84.2 Å². The normalized spacial score (nSPS) is 21.8. The highest BCUT2D eigenvalue weighted by molar-refractivity contribution is 8.02. The van der Waals surface area contributed by atoms with Crippen LogP contribution < -0.4 is 11.1 Å². The summed E-state index contributed by atoms with van der Waals surface area (Å²) in [6.07, 6.45) is -2.44. The third kappa shape index (κ3) is 31.8. The molecule has 50 heteroatoms. The molecule has 9 N–H and O–H groups in total. The van der Waals surface area contributed by atoms with Crippen LogP contribution in [0.15, 0.2) is 175 Å². The molecule has 0 aliphatic carbocycles. The van der Waals surface area contributed by atoms with E-state index >= 15 is 0 Å². The number of ether oxygens (including phenoxy) is 4. The third-order valence-corrected chi connectivity index (χ3v) is 32.4. The lowest BCUT2D eigenvalue weighted by atomic mass is 9.80. The van der Waals surface area contributed by atoms with Crippen LogP contribution in [0.3, 0.4) is 0 Å². The molecule has 0 saturated carbocycles. The van der Waals surface area contributed by atoms with Gasteiger partial charge >= 0.3 is 28.2 Å². The predicted octanol–water partition coefficient (Wildman–Crippen LogP) is 18.1. The Labute approximate surface area is 822 Å². The quantitative estimate of drug-likeness (QED) is 0.00867. The highest BCUT2D eigenvalue weighted by Crippen LogP contribution is 2.47. The Morgan fingerprint density at radius 3 is 0.922 bits per heavy atom. The summed E-state index contributed by atoms with van der Waals surface area (Å²) in [5.41, 5.74) is 6.16. The number of amides is 1. The topological polar surface area (TPSA) is 329 Å². The van der Waals surface area contributed by atoms with E-state index in [-0.39, 0.29) is 33.8 Å². The van der Waals surface area contributed by atoms with Crippen molar-refractivity contribution in [2.24, 2.45) is 5.73 Å². The first kappa shape index (κ1) is 119. The molecule has 4 aliphatic rings. The third-order valence-electron chi connectivity index (χ3n) is 20.5. The van der Waals surface area contributed by atoms with Gasteiger partial charge in [0.2, 0.25) is 42.0 Å². The number of hydrogen-bond acceptors (Lipinski definition) is 25. The van der Waals surface area contributed by atoms with Crippen molar-refractivity contribution in [2.45, 2.75) is 237 Å². The monoisotopic (exact) mass is 2150 g/mol. The summed E-state index contributed by atoms with van der Waals surface area (Å²) in [4.78, 5) is 19.4. The minimum Gasteiger partial charge on any atom is -0.437 e. The number of benzene rings is 6. The zero-order valence-corrected chi connectivity index (χ0v) is 84.6. The van der Waals surface area contributed by atoms with Gasteiger partial charge in [-0.25, -0.2) is 51.6 Å². The highest BCUT2D eigenvalue weighted by Gasteiger charge is 2.55. The molecule has 4 aliphatic heterocycles. The molecule has 4 heterocycles. The Hall–Kier alpha value is -1.88. The summed E-state index contributed by atoms with van der Waals surface area (Å²) in [5.74, 6) is -0.860. The molecule has 129 heavy (non-hydrogen) atoms. The molecule has 0 radical (unpaired) electrons. The van der Waals surface area contributed by atoms with Crippen molar-refractivity contribution in [1.82, 2.24) is 24.6 Å². The molecular weight excluding hydrogens is 2040 g/mol. The molecule has 12 atom stereocenters. The first-order valence-electron chi connectivity index (χ1n) is 39.0. The number of halogens is 17. The lowest BCUT2D eigenvalue weighted by Gasteiger charge is -2.33.